The van der Waals surface area contributed by atoms with Crippen LogP contribution in [0.25, 0.3) is 0 Å². The van der Waals surface area contributed by atoms with Crippen molar-refractivity contribution < 1.29 is 9.53 Å². The lowest BCUT2D eigenvalue weighted by Crippen LogP contribution is -2.33. The molecule has 0 aromatic carbocycles. The average Bonchev–Trinajstić information content (AvgIpc) is 1.84. The maximum atomic E-state index is 10.2. The van der Waals surface area contributed by atoms with Crippen LogP contribution in [0.3, 0.4) is 0 Å². The molecule has 0 aliphatic rings. The highest BCUT2D eigenvalue weighted by molar-refractivity contribution is 5.80. The Kier molecular flexibility index (Phi) is 3.36. The van der Waals surface area contributed by atoms with E-state index in [-0.39, 0.29) is 11.8 Å². The number of ether oxygens (including phenoxy) is 1. The van der Waals surface area contributed by atoms with Crippen molar-refractivity contribution in [1.82, 2.24) is 0 Å². The zero-order valence-corrected chi connectivity index (χ0v) is 6.63. The van der Waals surface area contributed by atoms with E-state index in [4.69, 9.17) is 16.9 Å². The van der Waals surface area contributed by atoms with E-state index in [9.17, 15) is 4.79 Å². The van der Waals surface area contributed by atoms with Gasteiger partial charge in [-0.25, -0.2) is 4.79 Å². The minimum absolute atomic E-state index is 0.0150. The van der Waals surface area contributed by atoms with E-state index in [0.717, 1.165) is 0 Å². The summed E-state index contributed by atoms with van der Waals surface area (Å²) in [5.74, 6) is -0.304. The molecule has 5 heteroatoms. The highest BCUT2D eigenvalue weighted by Gasteiger charge is 2.17. The van der Waals surface area contributed by atoms with Gasteiger partial charge >= 0.3 is 6.09 Å². The minimum Gasteiger partial charge on any atom is -0.446 e. The average molecular weight is 159 g/mol. The van der Waals surface area contributed by atoms with E-state index in [1.807, 2.05) is 0 Å². The molecule has 0 aliphatic carbocycles. The number of primary amides is 1. The number of carbonyl (C=O) groups is 1. The Hall–Kier alpha value is -1.26. The summed E-state index contributed by atoms with van der Waals surface area (Å²) < 4.78 is 4.59. The topological polar surface area (TPSA) is 102 Å². The number of hydrogen-bond donors (Lipinski definition) is 3. The van der Waals surface area contributed by atoms with Crippen LogP contribution in [0, 0.1) is 11.3 Å². The molecule has 5 nitrogen and oxygen atoms in total. The van der Waals surface area contributed by atoms with Gasteiger partial charge in [-0.2, -0.15) is 0 Å². The molecule has 0 aliphatic heterocycles. The van der Waals surface area contributed by atoms with Crippen molar-refractivity contribution in [3.63, 3.8) is 0 Å². The van der Waals surface area contributed by atoms with Crippen molar-refractivity contribution in [1.29, 1.82) is 5.41 Å². The third-order valence-corrected chi connectivity index (χ3v) is 1.50. The number of amides is 1. The Labute approximate surface area is 65.2 Å². The molecule has 0 heterocycles. The molecule has 0 aromatic heterocycles. The first-order valence-electron chi connectivity index (χ1n) is 3.25. The lowest BCUT2D eigenvalue weighted by molar-refractivity contribution is 0.101. The molecular weight excluding hydrogens is 146 g/mol. The summed E-state index contributed by atoms with van der Waals surface area (Å²) in [6.45, 7) is 3.33. The molecule has 2 atom stereocenters. The van der Waals surface area contributed by atoms with E-state index in [0.29, 0.717) is 0 Å². The highest BCUT2D eigenvalue weighted by atomic mass is 16.6. The van der Waals surface area contributed by atoms with Crippen molar-refractivity contribution >= 4 is 11.9 Å². The smallest absolute Gasteiger partial charge is 0.404 e. The molecule has 0 bridgehead atoms. The number of hydrogen-bond acceptors (Lipinski definition) is 3. The van der Waals surface area contributed by atoms with Crippen LogP contribution in [0.4, 0.5) is 4.79 Å². The summed E-state index contributed by atoms with van der Waals surface area (Å²) in [5.41, 5.74) is 9.92. The zero-order chi connectivity index (χ0) is 9.02. The van der Waals surface area contributed by atoms with Crippen molar-refractivity contribution in [2.24, 2.45) is 17.4 Å². The van der Waals surface area contributed by atoms with Gasteiger partial charge in [0.05, 0.1) is 5.84 Å². The summed E-state index contributed by atoms with van der Waals surface area (Å²) in [7, 11) is 0. The van der Waals surface area contributed by atoms with Gasteiger partial charge in [-0.1, -0.05) is 6.92 Å². The van der Waals surface area contributed by atoms with Gasteiger partial charge in [0.15, 0.2) is 0 Å². The van der Waals surface area contributed by atoms with Crippen LogP contribution < -0.4 is 11.5 Å². The second-order valence-electron chi connectivity index (χ2n) is 2.39. The number of amidine groups is 1. The Morgan fingerprint density at radius 1 is 1.45 bits per heavy atom. The van der Waals surface area contributed by atoms with Crippen molar-refractivity contribution in [2.75, 3.05) is 0 Å². The summed E-state index contributed by atoms with van der Waals surface area (Å²) in [4.78, 5) is 10.2. The van der Waals surface area contributed by atoms with Crippen LogP contribution in [-0.2, 0) is 4.74 Å². The van der Waals surface area contributed by atoms with Crippen molar-refractivity contribution in [3.05, 3.63) is 0 Å². The van der Waals surface area contributed by atoms with Gasteiger partial charge in [0.25, 0.3) is 0 Å². The fraction of sp³-hybridized carbons (Fsp3) is 0.667. The van der Waals surface area contributed by atoms with Crippen LogP contribution in [0.2, 0.25) is 0 Å². The maximum absolute atomic E-state index is 10.2. The van der Waals surface area contributed by atoms with E-state index in [1.54, 1.807) is 13.8 Å². The van der Waals surface area contributed by atoms with Crippen LogP contribution in [0.1, 0.15) is 13.8 Å². The third-order valence-electron chi connectivity index (χ3n) is 1.50. The number of rotatable bonds is 3. The van der Waals surface area contributed by atoms with Gasteiger partial charge in [0.1, 0.15) is 6.10 Å². The molecule has 1 amide bonds. The molecule has 64 valence electrons. The first-order valence-corrected chi connectivity index (χ1v) is 3.25. The maximum Gasteiger partial charge on any atom is 0.404 e. The summed E-state index contributed by atoms with van der Waals surface area (Å²) in [6.07, 6.45) is -1.28. The molecular formula is C6H13N3O2. The predicted octanol–water partition coefficient (Wildman–Crippen LogP) is 0.0423. The molecule has 0 saturated heterocycles. The summed E-state index contributed by atoms with van der Waals surface area (Å²) in [5, 5.41) is 7.02. The summed E-state index contributed by atoms with van der Waals surface area (Å²) in [6, 6.07) is 0. The molecule has 0 spiro atoms. The van der Waals surface area contributed by atoms with Gasteiger partial charge in [0.2, 0.25) is 0 Å². The normalized spacial score (nSPS) is 15.1. The lowest BCUT2D eigenvalue weighted by Gasteiger charge is -2.17. The Bertz CT molecular complexity index is 169. The monoisotopic (exact) mass is 159 g/mol. The number of carbonyl (C=O) groups excluding carboxylic acids is 1. The standard InChI is InChI=1S/C6H13N3O2/c1-3(5(7)8)4(2)11-6(9)10/h3-4H,1-2H3,(H3,7,8)(H2,9,10). The van der Waals surface area contributed by atoms with Crippen LogP contribution in [0.5, 0.6) is 0 Å². The second-order valence-corrected chi connectivity index (χ2v) is 2.39. The Balaban J connectivity index is 3.92. The van der Waals surface area contributed by atoms with Crippen molar-refractivity contribution in [2.45, 2.75) is 20.0 Å². The van der Waals surface area contributed by atoms with E-state index < -0.39 is 12.2 Å². The van der Waals surface area contributed by atoms with Gasteiger partial charge in [-0.3, -0.25) is 5.41 Å². The van der Waals surface area contributed by atoms with Gasteiger partial charge in [-0.15, -0.1) is 0 Å². The highest BCUT2D eigenvalue weighted by Crippen LogP contribution is 2.05. The molecule has 2 unspecified atom stereocenters. The zero-order valence-electron chi connectivity index (χ0n) is 6.63. The Morgan fingerprint density at radius 3 is 2.18 bits per heavy atom. The molecule has 0 aromatic rings. The molecule has 0 fully saturated rings. The quantitative estimate of drug-likeness (QED) is 0.400. The predicted molar refractivity (Wildman–Crippen MR) is 41.2 cm³/mol. The molecule has 0 rings (SSSR count). The largest absolute Gasteiger partial charge is 0.446 e. The van der Waals surface area contributed by atoms with E-state index in [1.165, 1.54) is 0 Å². The number of nitrogens with one attached hydrogen (secondary N) is 1. The van der Waals surface area contributed by atoms with E-state index in [2.05, 4.69) is 4.74 Å². The second kappa shape index (κ2) is 3.80. The lowest BCUT2D eigenvalue weighted by atomic mass is 10.1. The summed E-state index contributed by atoms with van der Waals surface area (Å²) >= 11 is 0. The van der Waals surface area contributed by atoms with Crippen molar-refractivity contribution in [3.8, 4) is 0 Å². The SMILES string of the molecule is CC(OC(N)=O)C(C)C(=N)N. The Morgan fingerprint density at radius 2 is 1.91 bits per heavy atom. The molecule has 5 N–H and O–H groups in total. The van der Waals surface area contributed by atoms with Gasteiger partial charge < -0.3 is 16.2 Å². The first kappa shape index (κ1) is 9.74. The number of nitrogens with two attached hydrogens (primary N) is 2. The molecule has 0 radical (unpaired) electrons. The third kappa shape index (κ3) is 3.44. The fourth-order valence-corrected chi connectivity index (χ4v) is 0.538. The van der Waals surface area contributed by atoms with Crippen LogP contribution >= 0.6 is 0 Å². The van der Waals surface area contributed by atoms with Gasteiger partial charge in [0, 0.05) is 5.92 Å². The molecule has 0 saturated carbocycles. The first-order chi connectivity index (χ1) is 4.95. The van der Waals surface area contributed by atoms with E-state index >= 15 is 0 Å². The minimum atomic E-state index is -0.842. The van der Waals surface area contributed by atoms with Gasteiger partial charge in [-0.05, 0) is 6.92 Å². The van der Waals surface area contributed by atoms with Crippen LogP contribution in [-0.4, -0.2) is 18.0 Å². The molecule has 11 heavy (non-hydrogen) atoms. The fourth-order valence-electron chi connectivity index (χ4n) is 0.538. The van der Waals surface area contributed by atoms with Crippen LogP contribution in [0.15, 0.2) is 0 Å².